The number of piperidine rings is 1. The van der Waals surface area contributed by atoms with Gasteiger partial charge >= 0.3 is 10.2 Å². The monoisotopic (exact) mass is 465 g/mol. The van der Waals surface area contributed by atoms with E-state index in [4.69, 9.17) is 9.47 Å². The maximum Gasteiger partial charge on any atom is 0.303 e. The molecule has 0 saturated carbocycles. The van der Waals surface area contributed by atoms with Crippen LogP contribution in [0.15, 0.2) is 42.5 Å². The van der Waals surface area contributed by atoms with E-state index in [0.717, 1.165) is 9.87 Å². The molecule has 1 heterocycles. The lowest BCUT2D eigenvalue weighted by Crippen LogP contribution is -2.49. The molecule has 2 aromatic carbocycles. The summed E-state index contributed by atoms with van der Waals surface area (Å²) in [6.07, 6.45) is 1.18. The van der Waals surface area contributed by atoms with Crippen molar-refractivity contribution < 1.29 is 27.1 Å². The van der Waals surface area contributed by atoms with Gasteiger partial charge in [0, 0.05) is 26.7 Å². The smallest absolute Gasteiger partial charge is 0.303 e. The van der Waals surface area contributed by atoms with Crippen LogP contribution in [0.1, 0.15) is 18.4 Å². The van der Waals surface area contributed by atoms with Gasteiger partial charge < -0.3 is 14.8 Å². The summed E-state index contributed by atoms with van der Waals surface area (Å²) in [5.41, 5.74) is 1.19. The molecule has 1 amide bonds. The third-order valence-corrected chi connectivity index (χ3v) is 7.42. The van der Waals surface area contributed by atoms with Crippen LogP contribution < -0.4 is 19.1 Å². The molecule has 1 atom stereocenters. The Kier molecular flexibility index (Phi) is 7.57. The van der Waals surface area contributed by atoms with E-state index >= 15 is 0 Å². The van der Waals surface area contributed by atoms with E-state index in [2.05, 4.69) is 5.32 Å². The van der Waals surface area contributed by atoms with Crippen LogP contribution in [0.4, 0.5) is 10.1 Å². The van der Waals surface area contributed by atoms with Crippen LogP contribution in [0.5, 0.6) is 11.5 Å². The Morgan fingerprint density at radius 2 is 1.84 bits per heavy atom. The molecular formula is C22H28FN3O5S. The largest absolute Gasteiger partial charge is 0.493 e. The highest BCUT2D eigenvalue weighted by Gasteiger charge is 2.34. The van der Waals surface area contributed by atoms with Crippen LogP contribution in [0.2, 0.25) is 0 Å². The molecule has 3 rings (SSSR count). The highest BCUT2D eigenvalue weighted by Crippen LogP contribution is 2.28. The van der Waals surface area contributed by atoms with Gasteiger partial charge in [-0.1, -0.05) is 6.07 Å². The number of amides is 1. The lowest BCUT2D eigenvalue weighted by molar-refractivity contribution is -0.126. The molecule has 10 heteroatoms. The van der Waals surface area contributed by atoms with Crippen molar-refractivity contribution >= 4 is 21.8 Å². The van der Waals surface area contributed by atoms with Crippen molar-refractivity contribution in [3.63, 3.8) is 0 Å². The molecule has 1 aliphatic heterocycles. The van der Waals surface area contributed by atoms with Gasteiger partial charge in [-0.25, -0.2) is 4.39 Å². The Bertz CT molecular complexity index is 1050. The molecule has 0 radical (unpaired) electrons. The molecule has 0 unspecified atom stereocenters. The van der Waals surface area contributed by atoms with Crippen molar-refractivity contribution in [1.29, 1.82) is 0 Å². The third kappa shape index (κ3) is 5.31. The molecule has 1 fully saturated rings. The summed E-state index contributed by atoms with van der Waals surface area (Å²) in [5, 5.41) is 2.88. The number of anilines is 1. The van der Waals surface area contributed by atoms with E-state index in [1.54, 1.807) is 26.4 Å². The molecule has 0 bridgehead atoms. The molecule has 1 saturated heterocycles. The zero-order valence-corrected chi connectivity index (χ0v) is 19.2. The zero-order chi connectivity index (χ0) is 23.3. The minimum atomic E-state index is -3.84. The predicted molar refractivity (Wildman–Crippen MR) is 119 cm³/mol. The van der Waals surface area contributed by atoms with Gasteiger partial charge in [-0.2, -0.15) is 12.7 Å². The lowest BCUT2D eigenvalue weighted by Gasteiger charge is -2.34. The molecule has 2 aromatic rings. The van der Waals surface area contributed by atoms with Gasteiger partial charge in [0.05, 0.1) is 25.8 Å². The number of benzene rings is 2. The van der Waals surface area contributed by atoms with Gasteiger partial charge in [-0.05, 0) is 54.8 Å². The van der Waals surface area contributed by atoms with Crippen molar-refractivity contribution in [1.82, 2.24) is 9.62 Å². The quantitative estimate of drug-likeness (QED) is 0.647. The van der Waals surface area contributed by atoms with Crippen molar-refractivity contribution in [2.24, 2.45) is 5.92 Å². The molecule has 1 aliphatic rings. The summed E-state index contributed by atoms with van der Waals surface area (Å²) in [4.78, 5) is 12.8. The van der Waals surface area contributed by atoms with Gasteiger partial charge in [-0.3, -0.25) is 9.10 Å². The van der Waals surface area contributed by atoms with E-state index in [1.165, 1.54) is 35.6 Å². The number of ether oxygens (including phenoxy) is 2. The lowest BCUT2D eigenvalue weighted by atomic mass is 9.98. The van der Waals surface area contributed by atoms with Crippen LogP contribution >= 0.6 is 0 Å². The molecule has 0 spiro atoms. The number of carbonyl (C=O) groups is 1. The number of carbonyl (C=O) groups excluding carboxylic acids is 1. The maximum atomic E-state index is 13.2. The van der Waals surface area contributed by atoms with Gasteiger partial charge in [0.25, 0.3) is 0 Å². The number of rotatable bonds is 8. The summed E-state index contributed by atoms with van der Waals surface area (Å²) in [6, 6.07) is 10.6. The van der Waals surface area contributed by atoms with Crippen molar-refractivity contribution in [3.8, 4) is 11.5 Å². The Hall–Kier alpha value is -2.85. The number of nitrogens with zero attached hydrogens (tertiary/aromatic N) is 2. The first-order valence-corrected chi connectivity index (χ1v) is 11.6. The van der Waals surface area contributed by atoms with E-state index < -0.39 is 21.9 Å². The summed E-state index contributed by atoms with van der Waals surface area (Å²) < 4.78 is 52.2. The van der Waals surface area contributed by atoms with Crippen LogP contribution in [-0.4, -0.2) is 53.0 Å². The van der Waals surface area contributed by atoms with Crippen LogP contribution in [-0.2, 0) is 21.5 Å². The topological polar surface area (TPSA) is 88.2 Å². The summed E-state index contributed by atoms with van der Waals surface area (Å²) in [5.74, 6) is 0.0622. The first kappa shape index (κ1) is 23.8. The van der Waals surface area contributed by atoms with Crippen molar-refractivity contribution in [3.05, 3.63) is 53.8 Å². The maximum absolute atomic E-state index is 13.2. The number of halogens is 1. The number of hydrogen-bond donors (Lipinski definition) is 1. The first-order chi connectivity index (χ1) is 15.3. The Morgan fingerprint density at radius 1 is 1.16 bits per heavy atom. The Morgan fingerprint density at radius 3 is 2.50 bits per heavy atom. The molecule has 1 N–H and O–H groups in total. The molecule has 0 aromatic heterocycles. The number of methoxy groups -OCH3 is 2. The highest BCUT2D eigenvalue weighted by molar-refractivity contribution is 7.90. The van der Waals surface area contributed by atoms with Crippen LogP contribution in [0, 0.1) is 11.7 Å². The van der Waals surface area contributed by atoms with Crippen molar-refractivity contribution in [2.45, 2.75) is 19.4 Å². The van der Waals surface area contributed by atoms with Crippen molar-refractivity contribution in [2.75, 3.05) is 38.7 Å². The average Bonchev–Trinajstić information content (AvgIpc) is 2.82. The molecule has 174 valence electrons. The SMILES string of the molecule is COc1ccc(CNC(=O)[C@H]2CCCN(S(=O)(=O)N(C)c3ccc(F)cc3)C2)cc1OC. The van der Waals surface area contributed by atoms with E-state index in [-0.39, 0.29) is 19.0 Å². The number of hydrogen-bond acceptors (Lipinski definition) is 5. The summed E-state index contributed by atoms with van der Waals surface area (Å²) >= 11 is 0. The minimum absolute atomic E-state index is 0.0889. The fraction of sp³-hybridized carbons (Fsp3) is 0.409. The predicted octanol–water partition coefficient (Wildman–Crippen LogP) is 2.55. The second kappa shape index (κ2) is 10.2. The van der Waals surface area contributed by atoms with Crippen LogP contribution in [0.25, 0.3) is 0 Å². The fourth-order valence-electron chi connectivity index (χ4n) is 3.65. The minimum Gasteiger partial charge on any atom is -0.493 e. The second-order valence-electron chi connectivity index (χ2n) is 7.56. The second-order valence-corrected chi connectivity index (χ2v) is 9.52. The van der Waals surface area contributed by atoms with E-state index in [0.29, 0.717) is 36.6 Å². The van der Waals surface area contributed by atoms with Gasteiger partial charge in [0.15, 0.2) is 11.5 Å². The molecule has 8 nitrogen and oxygen atoms in total. The average molecular weight is 466 g/mol. The normalized spacial score (nSPS) is 16.9. The Labute approximate surface area is 188 Å². The van der Waals surface area contributed by atoms with Gasteiger partial charge in [0.2, 0.25) is 5.91 Å². The molecule has 32 heavy (non-hydrogen) atoms. The standard InChI is InChI=1S/C22H28FN3O5S/c1-25(19-9-7-18(23)8-10-19)32(28,29)26-12-4-5-17(15-26)22(27)24-14-16-6-11-20(30-2)21(13-16)31-3/h6-11,13,17H,4-5,12,14-15H2,1-3H3,(H,24,27)/t17-/m0/s1. The van der Waals surface area contributed by atoms with E-state index in [9.17, 15) is 17.6 Å². The first-order valence-electron chi connectivity index (χ1n) is 10.2. The fourth-order valence-corrected chi connectivity index (χ4v) is 5.11. The number of nitrogens with one attached hydrogen (secondary N) is 1. The zero-order valence-electron chi connectivity index (χ0n) is 18.4. The summed E-state index contributed by atoms with van der Waals surface area (Å²) in [7, 11) is 0.669. The van der Waals surface area contributed by atoms with Crippen LogP contribution in [0.3, 0.4) is 0 Å². The Balaban J connectivity index is 1.63. The molecule has 0 aliphatic carbocycles. The van der Waals surface area contributed by atoms with E-state index in [1.807, 2.05) is 6.07 Å². The summed E-state index contributed by atoms with van der Waals surface area (Å²) in [6.45, 7) is 0.705. The highest BCUT2D eigenvalue weighted by atomic mass is 32.2. The molecular weight excluding hydrogens is 437 g/mol. The third-order valence-electron chi connectivity index (χ3n) is 5.53. The van der Waals surface area contributed by atoms with Gasteiger partial charge in [-0.15, -0.1) is 0 Å². The van der Waals surface area contributed by atoms with Gasteiger partial charge in [0.1, 0.15) is 5.82 Å².